The summed E-state index contributed by atoms with van der Waals surface area (Å²) in [4.78, 5) is 0. The first-order chi connectivity index (χ1) is 8.60. The molecule has 0 atom stereocenters. The molecule has 1 aromatic carbocycles. The lowest BCUT2D eigenvalue weighted by Crippen LogP contribution is -2.29. The summed E-state index contributed by atoms with van der Waals surface area (Å²) in [7, 11) is -3.43. The fourth-order valence-corrected chi connectivity index (χ4v) is 2.51. The van der Waals surface area contributed by atoms with E-state index in [0.29, 0.717) is 0 Å². The minimum atomic E-state index is -3.43. The Balaban J connectivity index is 2.88. The third kappa shape index (κ3) is 4.31. The Labute approximate surface area is 109 Å². The van der Waals surface area contributed by atoms with Crippen molar-refractivity contribution in [1.29, 1.82) is 0 Å². The lowest BCUT2D eigenvalue weighted by Gasteiger charge is -2.16. The van der Waals surface area contributed by atoms with Crippen molar-refractivity contribution >= 4 is 16.1 Å². The van der Waals surface area contributed by atoms with Gasteiger partial charge in [0.25, 0.3) is 0 Å². The first kappa shape index (κ1) is 14.4. The Morgan fingerprint density at radius 1 is 1.06 bits per heavy atom. The standard InChI is InChI=1S/C14H17NO2S/c1-3-11-15(12-4-2)18(16,17)13-10-14-8-6-5-7-9-14/h3-10,13H,1-2,11-12H2/b13-10+. The zero-order valence-electron chi connectivity index (χ0n) is 10.2. The predicted molar refractivity (Wildman–Crippen MR) is 76.4 cm³/mol. The Morgan fingerprint density at radius 2 is 1.61 bits per heavy atom. The molecular weight excluding hydrogens is 246 g/mol. The van der Waals surface area contributed by atoms with E-state index in [1.54, 1.807) is 18.2 Å². The molecule has 0 radical (unpaired) electrons. The maximum Gasteiger partial charge on any atom is 0.236 e. The second kappa shape index (κ2) is 6.93. The third-order valence-electron chi connectivity index (χ3n) is 2.26. The highest BCUT2D eigenvalue weighted by molar-refractivity contribution is 7.92. The summed E-state index contributed by atoms with van der Waals surface area (Å²) >= 11 is 0. The van der Waals surface area contributed by atoms with Gasteiger partial charge < -0.3 is 0 Å². The van der Waals surface area contributed by atoms with Gasteiger partial charge >= 0.3 is 0 Å². The van der Waals surface area contributed by atoms with E-state index in [2.05, 4.69) is 13.2 Å². The van der Waals surface area contributed by atoms with E-state index in [9.17, 15) is 8.42 Å². The zero-order valence-corrected chi connectivity index (χ0v) is 11.0. The van der Waals surface area contributed by atoms with Crippen LogP contribution in [0, 0.1) is 0 Å². The van der Waals surface area contributed by atoms with Crippen molar-refractivity contribution in [2.24, 2.45) is 0 Å². The minimum Gasteiger partial charge on any atom is -0.207 e. The second-order valence-electron chi connectivity index (χ2n) is 3.65. The second-order valence-corrected chi connectivity index (χ2v) is 5.47. The van der Waals surface area contributed by atoms with Crippen LogP contribution in [-0.2, 0) is 10.0 Å². The summed E-state index contributed by atoms with van der Waals surface area (Å²) in [6.07, 6.45) is 4.68. The van der Waals surface area contributed by atoms with E-state index < -0.39 is 10.0 Å². The van der Waals surface area contributed by atoms with E-state index in [4.69, 9.17) is 0 Å². The number of nitrogens with zero attached hydrogens (tertiary/aromatic N) is 1. The third-order valence-corrected chi connectivity index (χ3v) is 3.76. The largest absolute Gasteiger partial charge is 0.236 e. The number of sulfonamides is 1. The van der Waals surface area contributed by atoms with Crippen LogP contribution in [0.2, 0.25) is 0 Å². The lowest BCUT2D eigenvalue weighted by atomic mass is 10.2. The average molecular weight is 263 g/mol. The molecule has 0 aliphatic heterocycles. The minimum absolute atomic E-state index is 0.271. The summed E-state index contributed by atoms with van der Waals surface area (Å²) in [5.41, 5.74) is 0.846. The van der Waals surface area contributed by atoms with Gasteiger partial charge in [0.05, 0.1) is 0 Å². The molecule has 0 amide bonds. The van der Waals surface area contributed by atoms with Gasteiger partial charge in [0, 0.05) is 18.5 Å². The lowest BCUT2D eigenvalue weighted by molar-refractivity contribution is 0.483. The Hall–Kier alpha value is -1.65. The normalized spacial score (nSPS) is 11.8. The Morgan fingerprint density at radius 3 is 2.11 bits per heavy atom. The first-order valence-corrected chi connectivity index (χ1v) is 7.05. The van der Waals surface area contributed by atoms with Crippen LogP contribution >= 0.6 is 0 Å². The molecule has 96 valence electrons. The van der Waals surface area contributed by atoms with E-state index >= 15 is 0 Å². The highest BCUT2D eigenvalue weighted by Gasteiger charge is 2.15. The molecule has 0 saturated carbocycles. The number of hydrogen-bond acceptors (Lipinski definition) is 2. The van der Waals surface area contributed by atoms with Crippen molar-refractivity contribution in [2.75, 3.05) is 13.1 Å². The molecule has 0 spiro atoms. The van der Waals surface area contributed by atoms with Gasteiger partial charge in [-0.3, -0.25) is 0 Å². The molecule has 4 heteroatoms. The van der Waals surface area contributed by atoms with E-state index in [1.807, 2.05) is 30.3 Å². The van der Waals surface area contributed by atoms with Crippen LogP contribution in [0.1, 0.15) is 5.56 Å². The van der Waals surface area contributed by atoms with Crippen LogP contribution < -0.4 is 0 Å². The molecule has 0 aliphatic rings. The van der Waals surface area contributed by atoms with E-state index in [0.717, 1.165) is 5.56 Å². The molecule has 0 bridgehead atoms. The van der Waals surface area contributed by atoms with E-state index in [-0.39, 0.29) is 13.1 Å². The van der Waals surface area contributed by atoms with Crippen LogP contribution in [0.3, 0.4) is 0 Å². The molecule has 0 aromatic heterocycles. The number of hydrogen-bond donors (Lipinski definition) is 0. The SMILES string of the molecule is C=CCN(CC=C)S(=O)(=O)/C=C/c1ccccc1. The molecular formula is C14H17NO2S. The molecule has 0 N–H and O–H groups in total. The number of rotatable bonds is 7. The maximum absolute atomic E-state index is 12.0. The quantitative estimate of drug-likeness (QED) is 0.709. The summed E-state index contributed by atoms with van der Waals surface area (Å²) in [5.74, 6) is 0. The molecule has 0 aliphatic carbocycles. The summed E-state index contributed by atoms with van der Waals surface area (Å²) in [5, 5.41) is 1.20. The van der Waals surface area contributed by atoms with Crippen molar-refractivity contribution < 1.29 is 8.42 Å². The summed E-state index contributed by atoms with van der Waals surface area (Å²) in [6, 6.07) is 9.29. The van der Waals surface area contributed by atoms with Gasteiger partial charge in [-0.05, 0) is 11.6 Å². The van der Waals surface area contributed by atoms with Gasteiger partial charge in [-0.15, -0.1) is 13.2 Å². The van der Waals surface area contributed by atoms with Gasteiger partial charge in [-0.1, -0.05) is 42.5 Å². The summed E-state index contributed by atoms with van der Waals surface area (Å²) < 4.78 is 25.4. The van der Waals surface area contributed by atoms with Crippen molar-refractivity contribution in [1.82, 2.24) is 4.31 Å². The van der Waals surface area contributed by atoms with Gasteiger partial charge in [-0.2, -0.15) is 4.31 Å². The van der Waals surface area contributed by atoms with Crippen molar-refractivity contribution in [2.45, 2.75) is 0 Å². The molecule has 1 rings (SSSR count). The molecule has 18 heavy (non-hydrogen) atoms. The van der Waals surface area contributed by atoms with Crippen molar-refractivity contribution in [3.8, 4) is 0 Å². The van der Waals surface area contributed by atoms with E-state index in [1.165, 1.54) is 9.71 Å². The Kier molecular flexibility index (Phi) is 5.55. The zero-order chi connectivity index (χ0) is 13.4. The fourth-order valence-electron chi connectivity index (χ4n) is 1.39. The molecule has 3 nitrogen and oxygen atoms in total. The van der Waals surface area contributed by atoms with Gasteiger partial charge in [0.15, 0.2) is 0 Å². The average Bonchev–Trinajstić information content (AvgIpc) is 2.37. The van der Waals surface area contributed by atoms with Crippen molar-refractivity contribution in [3.05, 3.63) is 66.6 Å². The highest BCUT2D eigenvalue weighted by Crippen LogP contribution is 2.08. The number of benzene rings is 1. The molecule has 0 saturated heterocycles. The highest BCUT2D eigenvalue weighted by atomic mass is 32.2. The Bertz CT molecular complexity index is 508. The monoisotopic (exact) mass is 263 g/mol. The van der Waals surface area contributed by atoms with Crippen LogP contribution in [0.25, 0.3) is 6.08 Å². The van der Waals surface area contributed by atoms with Crippen LogP contribution in [-0.4, -0.2) is 25.8 Å². The first-order valence-electron chi connectivity index (χ1n) is 5.55. The molecule has 1 aromatic rings. The van der Waals surface area contributed by atoms with Crippen molar-refractivity contribution in [3.63, 3.8) is 0 Å². The molecule has 0 fully saturated rings. The maximum atomic E-state index is 12.0. The van der Waals surface area contributed by atoms with Crippen LogP contribution in [0.4, 0.5) is 0 Å². The van der Waals surface area contributed by atoms with Gasteiger partial charge in [0.2, 0.25) is 10.0 Å². The smallest absolute Gasteiger partial charge is 0.207 e. The topological polar surface area (TPSA) is 37.4 Å². The molecule has 0 unspecified atom stereocenters. The summed E-state index contributed by atoms with van der Waals surface area (Å²) in [6.45, 7) is 7.64. The predicted octanol–water partition coefficient (Wildman–Crippen LogP) is 2.66. The van der Waals surface area contributed by atoms with Gasteiger partial charge in [0.1, 0.15) is 0 Å². The molecule has 0 heterocycles. The fraction of sp³-hybridized carbons (Fsp3) is 0.143. The van der Waals surface area contributed by atoms with Gasteiger partial charge in [-0.25, -0.2) is 8.42 Å². The van der Waals surface area contributed by atoms with Crippen LogP contribution in [0.5, 0.6) is 0 Å². The van der Waals surface area contributed by atoms with Crippen LogP contribution in [0.15, 0.2) is 61.0 Å².